The molecule has 0 aliphatic carbocycles. The molecule has 2 aliphatic heterocycles. The number of anilines is 2. The Morgan fingerprint density at radius 3 is 2.76 bits per heavy atom. The summed E-state index contributed by atoms with van der Waals surface area (Å²) in [7, 11) is 3.77. The second-order valence-electron chi connectivity index (χ2n) is 11.1. The van der Waals surface area contributed by atoms with Crippen LogP contribution in [0.4, 0.5) is 15.8 Å². The summed E-state index contributed by atoms with van der Waals surface area (Å²) < 4.78 is 28.0. The fourth-order valence-corrected chi connectivity index (χ4v) is 5.76. The zero-order valence-corrected chi connectivity index (χ0v) is 23.7. The van der Waals surface area contributed by atoms with Crippen LogP contribution in [0.1, 0.15) is 24.2 Å². The van der Waals surface area contributed by atoms with Crippen molar-refractivity contribution < 1.29 is 18.7 Å². The summed E-state index contributed by atoms with van der Waals surface area (Å²) >= 11 is 0. The van der Waals surface area contributed by atoms with Crippen LogP contribution in [0.25, 0.3) is 21.8 Å². The second-order valence-corrected chi connectivity index (χ2v) is 11.1. The molecule has 2 fully saturated rings. The van der Waals surface area contributed by atoms with Crippen LogP contribution in [0.2, 0.25) is 0 Å². The predicted molar refractivity (Wildman–Crippen MR) is 155 cm³/mol. The number of ether oxygens (including phenoxy) is 2. The molecule has 0 bridgehead atoms. The molecule has 1 amide bonds. The molecule has 0 saturated carbocycles. The van der Waals surface area contributed by atoms with E-state index in [1.807, 2.05) is 13.1 Å². The maximum Gasteiger partial charge on any atom is 0.317 e. The van der Waals surface area contributed by atoms with Gasteiger partial charge in [0.05, 0.1) is 17.7 Å². The van der Waals surface area contributed by atoms with E-state index in [1.165, 1.54) is 10.7 Å². The van der Waals surface area contributed by atoms with Crippen molar-refractivity contribution in [2.24, 2.45) is 7.05 Å². The van der Waals surface area contributed by atoms with Crippen molar-refractivity contribution in [2.75, 3.05) is 56.7 Å². The van der Waals surface area contributed by atoms with Crippen LogP contribution in [0, 0.1) is 5.82 Å². The van der Waals surface area contributed by atoms with Crippen molar-refractivity contribution in [3.05, 3.63) is 48.0 Å². The number of nitrogens with one attached hydrogen (secondary N) is 2. The molecule has 2 saturated heterocycles. The van der Waals surface area contributed by atoms with Gasteiger partial charge in [0.1, 0.15) is 18.2 Å². The normalized spacial score (nSPS) is 21.9. The molecule has 216 valence electrons. The number of aromatic nitrogens is 4. The first kappa shape index (κ1) is 27.3. The number of piperazine rings is 1. The average Bonchev–Trinajstić information content (AvgIpc) is 3.31. The highest BCUT2D eigenvalue weighted by Crippen LogP contribution is 2.31. The molecule has 2 aliphatic rings. The Labute approximate surface area is 237 Å². The number of amides is 1. The van der Waals surface area contributed by atoms with Crippen LogP contribution in [-0.4, -0.2) is 95.2 Å². The van der Waals surface area contributed by atoms with Gasteiger partial charge in [-0.25, -0.2) is 9.37 Å². The number of likely N-dealkylation sites (N-methyl/N-ethyl adjacent to an activating group) is 1. The zero-order chi connectivity index (χ0) is 28.7. The third-order valence-corrected chi connectivity index (χ3v) is 7.52. The number of aryl methyl sites for hydroxylation is 1. The highest BCUT2D eigenvalue weighted by Gasteiger charge is 2.25. The molecule has 4 heterocycles. The van der Waals surface area contributed by atoms with Crippen molar-refractivity contribution in [1.82, 2.24) is 30.0 Å². The Hall–Kier alpha value is -3.87. The first-order valence-corrected chi connectivity index (χ1v) is 13.9. The van der Waals surface area contributed by atoms with Gasteiger partial charge in [0.25, 0.3) is 5.91 Å². The molecule has 1 unspecified atom stereocenters. The monoisotopic (exact) mass is 562 g/mol. The van der Waals surface area contributed by atoms with Crippen molar-refractivity contribution in [3.8, 4) is 6.01 Å². The first-order valence-electron chi connectivity index (χ1n) is 13.9. The lowest BCUT2D eigenvalue weighted by Gasteiger charge is -2.38. The molecule has 12 heteroatoms. The third-order valence-electron chi connectivity index (χ3n) is 7.52. The summed E-state index contributed by atoms with van der Waals surface area (Å²) in [6, 6.07) is 7.44. The quantitative estimate of drug-likeness (QED) is 0.367. The molecule has 0 radical (unpaired) electrons. The lowest BCUT2D eigenvalue weighted by Crippen LogP contribution is -2.54. The number of fused-ring (bicyclic) bond motifs is 2. The minimum absolute atomic E-state index is 0.0942. The Morgan fingerprint density at radius 2 is 1.98 bits per heavy atom. The Balaban J connectivity index is 1.34. The maximum atomic E-state index is 14.7. The summed E-state index contributed by atoms with van der Waals surface area (Å²) in [5.74, 6) is -0.915. The van der Waals surface area contributed by atoms with E-state index in [9.17, 15) is 9.18 Å². The topological polar surface area (TPSA) is 110 Å². The van der Waals surface area contributed by atoms with Gasteiger partial charge in [-0.1, -0.05) is 0 Å². The molecule has 3 atom stereocenters. The highest BCUT2D eigenvalue weighted by atomic mass is 19.1. The summed E-state index contributed by atoms with van der Waals surface area (Å²) in [4.78, 5) is 27.3. The summed E-state index contributed by atoms with van der Waals surface area (Å²) in [5.41, 5.74) is 2.34. The van der Waals surface area contributed by atoms with E-state index >= 15 is 0 Å². The third kappa shape index (κ3) is 5.81. The largest absolute Gasteiger partial charge is 0.461 e. The van der Waals surface area contributed by atoms with Gasteiger partial charge in [0.15, 0.2) is 5.82 Å². The number of halogens is 1. The smallest absolute Gasteiger partial charge is 0.317 e. The SMILES string of the molecule is C[C@H]1CN(c2ccc(C(=O)Nc3cc(F)c4nn(C)cc4c3)c3nc(OCC4CN(C)CCO4)ncc23)C[C@H](C)N1. The van der Waals surface area contributed by atoms with Gasteiger partial charge in [-0.3, -0.25) is 9.48 Å². The average molecular weight is 563 g/mol. The van der Waals surface area contributed by atoms with E-state index in [-0.39, 0.29) is 17.6 Å². The molecule has 2 aromatic carbocycles. The van der Waals surface area contributed by atoms with E-state index in [0.717, 1.165) is 37.3 Å². The number of hydrogen-bond acceptors (Lipinski definition) is 9. The molecule has 4 aromatic rings. The second kappa shape index (κ2) is 11.2. The highest BCUT2D eigenvalue weighted by molar-refractivity contribution is 6.14. The van der Waals surface area contributed by atoms with Gasteiger partial charge in [0, 0.05) is 79.9 Å². The van der Waals surface area contributed by atoms with E-state index in [2.05, 4.69) is 44.4 Å². The molecule has 11 nitrogen and oxygen atoms in total. The number of hydrogen-bond donors (Lipinski definition) is 2. The van der Waals surface area contributed by atoms with Gasteiger partial charge < -0.3 is 29.9 Å². The first-order chi connectivity index (χ1) is 19.7. The Morgan fingerprint density at radius 1 is 1.17 bits per heavy atom. The summed E-state index contributed by atoms with van der Waals surface area (Å²) in [6.45, 7) is 8.49. The van der Waals surface area contributed by atoms with Crippen molar-refractivity contribution in [1.29, 1.82) is 0 Å². The number of carbonyl (C=O) groups is 1. The standard InChI is InChI=1S/C29H35FN8O3/c1-17-12-38(13-18(2)32-17)25-6-5-22(28(39)33-20-9-19-14-37(4)35-26(19)24(30)10-20)27-23(25)11-31-29(34-27)41-16-21-15-36(3)7-8-40-21/h5-6,9-11,14,17-18,21,32H,7-8,12-13,15-16H2,1-4H3,(H,33,39)/t17-,18-,21?/m0/s1. The van der Waals surface area contributed by atoms with Crippen LogP contribution in [-0.2, 0) is 11.8 Å². The van der Waals surface area contributed by atoms with Gasteiger partial charge in [-0.2, -0.15) is 10.1 Å². The maximum absolute atomic E-state index is 14.7. The zero-order valence-electron chi connectivity index (χ0n) is 23.7. The van der Waals surface area contributed by atoms with E-state index in [4.69, 9.17) is 14.5 Å². The van der Waals surface area contributed by atoms with E-state index in [0.29, 0.717) is 47.5 Å². The van der Waals surface area contributed by atoms with Gasteiger partial charge in [-0.15, -0.1) is 0 Å². The van der Waals surface area contributed by atoms with Gasteiger partial charge >= 0.3 is 6.01 Å². The molecule has 0 spiro atoms. The summed E-state index contributed by atoms with van der Waals surface area (Å²) in [5, 5.41) is 11.9. The number of carbonyl (C=O) groups excluding carboxylic acids is 1. The van der Waals surface area contributed by atoms with E-state index in [1.54, 1.807) is 31.6 Å². The van der Waals surface area contributed by atoms with Crippen LogP contribution in [0.3, 0.4) is 0 Å². The Bertz CT molecular complexity index is 1580. The lowest BCUT2D eigenvalue weighted by molar-refractivity contribution is -0.0416. The van der Waals surface area contributed by atoms with Crippen LogP contribution < -0.4 is 20.3 Å². The number of morpholine rings is 1. The minimum Gasteiger partial charge on any atom is -0.461 e. The van der Waals surface area contributed by atoms with Crippen molar-refractivity contribution in [3.63, 3.8) is 0 Å². The van der Waals surface area contributed by atoms with E-state index < -0.39 is 11.7 Å². The van der Waals surface area contributed by atoms with Gasteiger partial charge in [-0.05, 0) is 45.2 Å². The van der Waals surface area contributed by atoms with Crippen LogP contribution in [0.15, 0.2) is 36.7 Å². The minimum atomic E-state index is -0.505. The van der Waals surface area contributed by atoms with Crippen LogP contribution in [0.5, 0.6) is 6.01 Å². The Kier molecular flexibility index (Phi) is 7.45. The predicted octanol–water partition coefficient (Wildman–Crippen LogP) is 2.80. The lowest BCUT2D eigenvalue weighted by atomic mass is 10.0. The van der Waals surface area contributed by atoms with Crippen molar-refractivity contribution >= 4 is 39.1 Å². The number of benzene rings is 2. The molecule has 2 N–H and O–H groups in total. The molecular weight excluding hydrogens is 527 g/mol. The number of rotatable bonds is 6. The molecular formula is C29H35FN8O3. The fraction of sp³-hybridized carbons (Fsp3) is 0.448. The summed E-state index contributed by atoms with van der Waals surface area (Å²) in [6.07, 6.45) is 3.33. The molecule has 6 rings (SSSR count). The van der Waals surface area contributed by atoms with Crippen LogP contribution >= 0.6 is 0 Å². The number of nitrogens with zero attached hydrogens (tertiary/aromatic N) is 6. The van der Waals surface area contributed by atoms with Gasteiger partial charge in [0.2, 0.25) is 0 Å². The molecule has 41 heavy (non-hydrogen) atoms. The molecule has 2 aromatic heterocycles. The van der Waals surface area contributed by atoms with Crippen molar-refractivity contribution in [2.45, 2.75) is 32.0 Å². The fourth-order valence-electron chi connectivity index (χ4n) is 5.76.